The highest BCUT2D eigenvalue weighted by Crippen LogP contribution is 2.32. The predicted molar refractivity (Wildman–Crippen MR) is 64.3 cm³/mol. The number of aromatic nitrogens is 3. The van der Waals surface area contributed by atoms with Crippen LogP contribution >= 0.6 is 0 Å². The fourth-order valence-corrected chi connectivity index (χ4v) is 2.58. The molecule has 1 aliphatic rings. The summed E-state index contributed by atoms with van der Waals surface area (Å²) in [6.45, 7) is 2.81. The van der Waals surface area contributed by atoms with Gasteiger partial charge in [-0.25, -0.2) is 4.98 Å². The minimum Gasteiger partial charge on any atom is -0.330 e. The third-order valence-electron chi connectivity index (χ3n) is 3.68. The minimum atomic E-state index is 0.354. The normalized spacial score (nSPS) is 19.2. The molecule has 1 atom stereocenters. The molecule has 0 aliphatic heterocycles. The second-order valence-electron chi connectivity index (χ2n) is 4.77. The van der Waals surface area contributed by atoms with Crippen molar-refractivity contribution >= 4 is 0 Å². The zero-order valence-electron chi connectivity index (χ0n) is 10.3. The van der Waals surface area contributed by atoms with E-state index in [1.54, 1.807) is 0 Å². The summed E-state index contributed by atoms with van der Waals surface area (Å²) in [4.78, 5) is 4.71. The molecule has 0 bridgehead atoms. The predicted octanol–water partition coefficient (Wildman–Crippen LogP) is 1.93. The van der Waals surface area contributed by atoms with Crippen molar-refractivity contribution in [1.29, 1.82) is 0 Å². The van der Waals surface area contributed by atoms with Gasteiger partial charge in [0.05, 0.1) is 0 Å². The molecule has 16 heavy (non-hydrogen) atoms. The largest absolute Gasteiger partial charge is 0.330 e. The standard InChI is InChI=1S/C12H22N4/c1-3-9(8-13)12-14-11(15-16(12)2)10-6-4-5-7-10/h9-10H,3-8,13H2,1-2H3. The van der Waals surface area contributed by atoms with E-state index in [1.165, 1.54) is 25.7 Å². The number of hydrogen-bond donors (Lipinski definition) is 1. The third-order valence-corrected chi connectivity index (χ3v) is 3.68. The van der Waals surface area contributed by atoms with E-state index in [9.17, 15) is 0 Å². The van der Waals surface area contributed by atoms with Gasteiger partial charge in [-0.3, -0.25) is 4.68 Å². The molecular formula is C12H22N4. The molecule has 1 aromatic rings. The highest BCUT2D eigenvalue weighted by Gasteiger charge is 2.23. The molecule has 2 rings (SSSR count). The fourth-order valence-electron chi connectivity index (χ4n) is 2.58. The summed E-state index contributed by atoms with van der Waals surface area (Å²) in [5, 5.41) is 4.56. The first-order chi connectivity index (χ1) is 7.76. The van der Waals surface area contributed by atoms with Gasteiger partial charge in [0, 0.05) is 25.4 Å². The average Bonchev–Trinajstić information content (AvgIpc) is 2.90. The molecule has 4 nitrogen and oxygen atoms in total. The van der Waals surface area contributed by atoms with Gasteiger partial charge >= 0.3 is 0 Å². The zero-order valence-corrected chi connectivity index (χ0v) is 10.3. The van der Waals surface area contributed by atoms with Crippen molar-refractivity contribution in [3.05, 3.63) is 11.6 Å². The number of nitrogens with two attached hydrogens (primary N) is 1. The van der Waals surface area contributed by atoms with Crippen molar-refractivity contribution in [3.8, 4) is 0 Å². The van der Waals surface area contributed by atoms with E-state index in [1.807, 2.05) is 11.7 Å². The lowest BCUT2D eigenvalue weighted by atomic mass is 10.1. The van der Waals surface area contributed by atoms with Gasteiger partial charge in [0.25, 0.3) is 0 Å². The summed E-state index contributed by atoms with van der Waals surface area (Å²) in [5.74, 6) is 3.05. The molecular weight excluding hydrogens is 200 g/mol. The van der Waals surface area contributed by atoms with E-state index in [2.05, 4.69) is 12.0 Å². The number of nitrogens with zero attached hydrogens (tertiary/aromatic N) is 3. The average molecular weight is 222 g/mol. The highest BCUT2D eigenvalue weighted by atomic mass is 15.3. The van der Waals surface area contributed by atoms with Crippen LogP contribution < -0.4 is 5.73 Å². The van der Waals surface area contributed by atoms with Crippen molar-refractivity contribution in [2.75, 3.05) is 6.54 Å². The van der Waals surface area contributed by atoms with E-state index in [0.717, 1.165) is 18.1 Å². The van der Waals surface area contributed by atoms with E-state index in [-0.39, 0.29) is 0 Å². The van der Waals surface area contributed by atoms with Crippen molar-refractivity contribution in [3.63, 3.8) is 0 Å². The van der Waals surface area contributed by atoms with Crippen LogP contribution in [0.25, 0.3) is 0 Å². The van der Waals surface area contributed by atoms with Gasteiger partial charge in [0.15, 0.2) is 5.82 Å². The summed E-state index contributed by atoms with van der Waals surface area (Å²) < 4.78 is 1.93. The summed E-state index contributed by atoms with van der Waals surface area (Å²) >= 11 is 0. The quantitative estimate of drug-likeness (QED) is 0.846. The maximum atomic E-state index is 5.77. The molecule has 1 aromatic heterocycles. The Morgan fingerprint density at radius 3 is 2.69 bits per heavy atom. The Morgan fingerprint density at radius 1 is 1.44 bits per heavy atom. The Bertz CT molecular complexity index is 335. The molecule has 90 valence electrons. The summed E-state index contributed by atoms with van der Waals surface area (Å²) in [6, 6.07) is 0. The van der Waals surface area contributed by atoms with E-state index in [4.69, 9.17) is 10.7 Å². The van der Waals surface area contributed by atoms with Crippen molar-refractivity contribution in [2.45, 2.75) is 50.9 Å². The first-order valence-corrected chi connectivity index (χ1v) is 6.37. The van der Waals surface area contributed by atoms with Crippen LogP contribution in [0.2, 0.25) is 0 Å². The molecule has 2 N–H and O–H groups in total. The van der Waals surface area contributed by atoms with Crippen LogP contribution in [0.4, 0.5) is 0 Å². The Labute approximate surface area is 97.2 Å². The lowest BCUT2D eigenvalue weighted by Crippen LogP contribution is -2.16. The molecule has 0 amide bonds. The van der Waals surface area contributed by atoms with Gasteiger partial charge in [0.1, 0.15) is 5.82 Å². The second-order valence-corrected chi connectivity index (χ2v) is 4.77. The molecule has 0 spiro atoms. The molecule has 0 radical (unpaired) electrons. The summed E-state index contributed by atoms with van der Waals surface area (Å²) in [7, 11) is 1.99. The topological polar surface area (TPSA) is 56.7 Å². The van der Waals surface area contributed by atoms with Crippen LogP contribution in [-0.4, -0.2) is 21.3 Å². The number of rotatable bonds is 4. The molecule has 1 fully saturated rings. The molecule has 1 unspecified atom stereocenters. The highest BCUT2D eigenvalue weighted by molar-refractivity contribution is 5.05. The Kier molecular flexibility index (Phi) is 3.59. The van der Waals surface area contributed by atoms with Crippen LogP contribution in [0.15, 0.2) is 0 Å². The van der Waals surface area contributed by atoms with Crippen LogP contribution in [0, 0.1) is 0 Å². The molecule has 1 heterocycles. The summed E-state index contributed by atoms with van der Waals surface area (Å²) in [5.41, 5.74) is 5.77. The van der Waals surface area contributed by atoms with Crippen LogP contribution in [-0.2, 0) is 7.05 Å². The van der Waals surface area contributed by atoms with Gasteiger partial charge in [-0.05, 0) is 19.3 Å². The van der Waals surface area contributed by atoms with Crippen LogP contribution in [0.5, 0.6) is 0 Å². The van der Waals surface area contributed by atoms with Gasteiger partial charge in [-0.2, -0.15) is 5.10 Å². The number of aryl methyl sites for hydroxylation is 1. The fraction of sp³-hybridized carbons (Fsp3) is 0.833. The molecule has 4 heteroatoms. The first kappa shape index (κ1) is 11.6. The van der Waals surface area contributed by atoms with Crippen LogP contribution in [0.1, 0.15) is 62.5 Å². The monoisotopic (exact) mass is 222 g/mol. The SMILES string of the molecule is CCC(CN)c1nc(C2CCCC2)nn1C. The summed E-state index contributed by atoms with van der Waals surface area (Å²) in [6.07, 6.45) is 6.19. The Morgan fingerprint density at radius 2 is 2.12 bits per heavy atom. The van der Waals surface area contributed by atoms with Gasteiger partial charge in [-0.15, -0.1) is 0 Å². The second kappa shape index (κ2) is 4.95. The van der Waals surface area contributed by atoms with E-state index >= 15 is 0 Å². The molecule has 0 saturated heterocycles. The maximum Gasteiger partial charge on any atom is 0.154 e. The van der Waals surface area contributed by atoms with E-state index in [0.29, 0.717) is 18.4 Å². The van der Waals surface area contributed by atoms with Gasteiger partial charge in [-0.1, -0.05) is 19.8 Å². The zero-order chi connectivity index (χ0) is 11.5. The van der Waals surface area contributed by atoms with E-state index < -0.39 is 0 Å². The molecule has 1 aliphatic carbocycles. The van der Waals surface area contributed by atoms with Crippen LogP contribution in [0.3, 0.4) is 0 Å². The lowest BCUT2D eigenvalue weighted by Gasteiger charge is -2.09. The Balaban J connectivity index is 2.20. The minimum absolute atomic E-state index is 0.354. The van der Waals surface area contributed by atoms with Crippen molar-refractivity contribution in [2.24, 2.45) is 12.8 Å². The smallest absolute Gasteiger partial charge is 0.154 e. The third kappa shape index (κ3) is 2.12. The van der Waals surface area contributed by atoms with Crippen molar-refractivity contribution in [1.82, 2.24) is 14.8 Å². The van der Waals surface area contributed by atoms with Gasteiger partial charge < -0.3 is 5.73 Å². The molecule has 0 aromatic carbocycles. The molecule has 1 saturated carbocycles. The first-order valence-electron chi connectivity index (χ1n) is 6.37. The Hall–Kier alpha value is -0.900. The van der Waals surface area contributed by atoms with Crippen molar-refractivity contribution < 1.29 is 0 Å². The van der Waals surface area contributed by atoms with Gasteiger partial charge in [0.2, 0.25) is 0 Å². The maximum absolute atomic E-state index is 5.77. The number of hydrogen-bond acceptors (Lipinski definition) is 3. The lowest BCUT2D eigenvalue weighted by molar-refractivity contribution is 0.578.